The van der Waals surface area contributed by atoms with Crippen LogP contribution in [0, 0.1) is 0 Å². The summed E-state index contributed by atoms with van der Waals surface area (Å²) in [6.45, 7) is 3.63. The van der Waals surface area contributed by atoms with Crippen LogP contribution in [0.2, 0.25) is 0 Å². The minimum atomic E-state index is 0.152. The number of rotatable bonds is 6. The number of hydrogen-bond acceptors (Lipinski definition) is 2. The van der Waals surface area contributed by atoms with E-state index in [1.807, 2.05) is 36.7 Å². The monoisotopic (exact) mass is 361 g/mol. The van der Waals surface area contributed by atoms with Crippen molar-refractivity contribution in [3.05, 3.63) is 102 Å². The molecule has 1 N–H and O–H groups in total. The van der Waals surface area contributed by atoms with Crippen LogP contribution in [0.15, 0.2) is 85.2 Å². The summed E-state index contributed by atoms with van der Waals surface area (Å²) in [4.78, 5) is 6.30. The first-order valence-electron chi connectivity index (χ1n) is 8.75. The van der Waals surface area contributed by atoms with E-state index >= 15 is 0 Å². The van der Waals surface area contributed by atoms with E-state index in [4.69, 9.17) is 12.2 Å². The minimum absolute atomic E-state index is 0.152. The molecule has 0 bridgehead atoms. The summed E-state index contributed by atoms with van der Waals surface area (Å²) in [7, 11) is 0. The van der Waals surface area contributed by atoms with Crippen LogP contribution >= 0.6 is 12.2 Å². The summed E-state index contributed by atoms with van der Waals surface area (Å²) in [6.07, 6.45) is 3.64. The van der Waals surface area contributed by atoms with Gasteiger partial charge in [-0.1, -0.05) is 60.7 Å². The molecule has 0 radical (unpaired) electrons. The predicted molar refractivity (Wildman–Crippen MR) is 111 cm³/mol. The van der Waals surface area contributed by atoms with E-state index in [0.29, 0.717) is 0 Å². The summed E-state index contributed by atoms with van der Waals surface area (Å²) in [6, 6.07) is 25.0. The Kier molecular flexibility index (Phi) is 6.34. The maximum Gasteiger partial charge on any atom is 0.170 e. The molecule has 0 saturated heterocycles. The van der Waals surface area contributed by atoms with Crippen molar-refractivity contribution in [2.24, 2.45) is 0 Å². The van der Waals surface area contributed by atoms with Crippen molar-refractivity contribution in [2.75, 3.05) is 0 Å². The average Bonchev–Trinajstić information content (AvgIpc) is 2.69. The summed E-state index contributed by atoms with van der Waals surface area (Å²) in [5, 5.41) is 4.23. The van der Waals surface area contributed by atoms with Crippen LogP contribution in [-0.4, -0.2) is 15.0 Å². The molecular formula is C22H23N3S. The van der Waals surface area contributed by atoms with Gasteiger partial charge in [-0.2, -0.15) is 0 Å². The molecule has 1 heterocycles. The van der Waals surface area contributed by atoms with Gasteiger partial charge in [0.1, 0.15) is 0 Å². The molecule has 3 rings (SSSR count). The Morgan fingerprint density at radius 3 is 2.04 bits per heavy atom. The van der Waals surface area contributed by atoms with E-state index < -0.39 is 0 Å². The molecule has 0 aliphatic carbocycles. The van der Waals surface area contributed by atoms with Crippen molar-refractivity contribution in [1.29, 1.82) is 0 Å². The van der Waals surface area contributed by atoms with Gasteiger partial charge in [0.25, 0.3) is 0 Å². The predicted octanol–water partition coefficient (Wildman–Crippen LogP) is 4.72. The van der Waals surface area contributed by atoms with Crippen LogP contribution in [0.25, 0.3) is 0 Å². The van der Waals surface area contributed by atoms with Crippen molar-refractivity contribution >= 4 is 17.3 Å². The quantitative estimate of drug-likeness (QED) is 0.643. The maximum atomic E-state index is 5.75. The number of nitrogens with one attached hydrogen (secondary N) is 1. The third-order valence-corrected chi connectivity index (χ3v) is 4.64. The number of nitrogens with zero attached hydrogens (tertiary/aromatic N) is 2. The topological polar surface area (TPSA) is 28.2 Å². The number of aromatic nitrogens is 1. The third kappa shape index (κ3) is 5.14. The highest BCUT2D eigenvalue weighted by Crippen LogP contribution is 2.15. The minimum Gasteiger partial charge on any atom is -0.356 e. The van der Waals surface area contributed by atoms with Crippen molar-refractivity contribution in [2.45, 2.75) is 26.1 Å². The maximum absolute atomic E-state index is 5.75. The summed E-state index contributed by atoms with van der Waals surface area (Å²) in [5.74, 6) is 0. The largest absolute Gasteiger partial charge is 0.356 e. The van der Waals surface area contributed by atoms with E-state index in [9.17, 15) is 0 Å². The average molecular weight is 362 g/mol. The summed E-state index contributed by atoms with van der Waals surface area (Å²) in [5.41, 5.74) is 3.64. The van der Waals surface area contributed by atoms with Crippen LogP contribution in [0.4, 0.5) is 0 Å². The van der Waals surface area contributed by atoms with E-state index in [1.54, 1.807) is 0 Å². The van der Waals surface area contributed by atoms with E-state index in [1.165, 1.54) is 16.7 Å². The summed E-state index contributed by atoms with van der Waals surface area (Å²) >= 11 is 5.75. The fraction of sp³-hybridized carbons (Fsp3) is 0.182. The van der Waals surface area contributed by atoms with Crippen LogP contribution in [-0.2, 0) is 13.1 Å². The molecule has 0 aliphatic rings. The van der Waals surface area contributed by atoms with Gasteiger partial charge in [0.05, 0.1) is 6.04 Å². The Hall–Kier alpha value is -2.72. The SMILES string of the molecule is C[C@H](NC(=S)N(Cc1ccccc1)Cc1ccncc1)c1ccccc1. The lowest BCUT2D eigenvalue weighted by molar-refractivity contribution is 0.393. The van der Waals surface area contributed by atoms with E-state index in [-0.39, 0.29) is 6.04 Å². The molecule has 0 fully saturated rings. The van der Waals surface area contributed by atoms with Gasteiger partial charge in [-0.05, 0) is 48.0 Å². The zero-order valence-electron chi connectivity index (χ0n) is 14.9. The van der Waals surface area contributed by atoms with Gasteiger partial charge >= 0.3 is 0 Å². The lowest BCUT2D eigenvalue weighted by Gasteiger charge is -2.28. The Bertz CT molecular complexity index is 765. The lowest BCUT2D eigenvalue weighted by atomic mass is 10.1. The van der Waals surface area contributed by atoms with Gasteiger partial charge in [0, 0.05) is 25.5 Å². The molecule has 4 heteroatoms. The number of pyridine rings is 1. The molecular weight excluding hydrogens is 338 g/mol. The van der Waals surface area contributed by atoms with Crippen LogP contribution in [0.3, 0.4) is 0 Å². The molecule has 3 aromatic rings. The van der Waals surface area contributed by atoms with Crippen LogP contribution in [0.1, 0.15) is 29.7 Å². The lowest BCUT2D eigenvalue weighted by Crippen LogP contribution is -2.40. The van der Waals surface area contributed by atoms with Crippen molar-refractivity contribution < 1.29 is 0 Å². The fourth-order valence-electron chi connectivity index (χ4n) is 2.81. The van der Waals surface area contributed by atoms with E-state index in [2.05, 4.69) is 70.7 Å². The Balaban J connectivity index is 1.74. The first-order chi connectivity index (χ1) is 12.7. The van der Waals surface area contributed by atoms with Crippen molar-refractivity contribution in [1.82, 2.24) is 15.2 Å². The summed E-state index contributed by atoms with van der Waals surface area (Å²) < 4.78 is 0. The number of hydrogen-bond donors (Lipinski definition) is 1. The molecule has 3 nitrogen and oxygen atoms in total. The molecule has 1 aromatic heterocycles. The molecule has 26 heavy (non-hydrogen) atoms. The van der Waals surface area contributed by atoms with Gasteiger partial charge in [0.15, 0.2) is 5.11 Å². The molecule has 0 spiro atoms. The molecule has 0 amide bonds. The number of thiocarbonyl (C=S) groups is 1. The third-order valence-electron chi connectivity index (χ3n) is 4.27. The highest BCUT2D eigenvalue weighted by atomic mass is 32.1. The van der Waals surface area contributed by atoms with Gasteiger partial charge in [0.2, 0.25) is 0 Å². The second kappa shape index (κ2) is 9.11. The molecule has 2 aromatic carbocycles. The van der Waals surface area contributed by atoms with Gasteiger partial charge in [-0.3, -0.25) is 4.98 Å². The molecule has 1 atom stereocenters. The first kappa shape index (κ1) is 18.1. The highest BCUT2D eigenvalue weighted by Gasteiger charge is 2.14. The zero-order valence-corrected chi connectivity index (χ0v) is 15.7. The van der Waals surface area contributed by atoms with Gasteiger partial charge in [-0.15, -0.1) is 0 Å². The Labute approximate surface area is 160 Å². The number of benzene rings is 2. The van der Waals surface area contributed by atoms with E-state index in [0.717, 1.165) is 18.2 Å². The normalized spacial score (nSPS) is 11.6. The smallest absolute Gasteiger partial charge is 0.170 e. The first-order valence-corrected chi connectivity index (χ1v) is 9.16. The molecule has 0 unspecified atom stereocenters. The second-order valence-corrected chi connectivity index (χ2v) is 6.67. The standard InChI is InChI=1S/C22H23N3S/c1-18(21-10-6-3-7-11-21)24-22(26)25(16-19-8-4-2-5-9-19)17-20-12-14-23-15-13-20/h2-15,18H,16-17H2,1H3,(H,24,26)/t18-/m0/s1. The van der Waals surface area contributed by atoms with Crippen molar-refractivity contribution in [3.63, 3.8) is 0 Å². The highest BCUT2D eigenvalue weighted by molar-refractivity contribution is 7.80. The van der Waals surface area contributed by atoms with Gasteiger partial charge < -0.3 is 10.2 Å². The molecule has 0 saturated carbocycles. The Morgan fingerprint density at radius 1 is 0.885 bits per heavy atom. The van der Waals surface area contributed by atoms with Crippen LogP contribution < -0.4 is 5.32 Å². The van der Waals surface area contributed by atoms with Crippen molar-refractivity contribution in [3.8, 4) is 0 Å². The zero-order chi connectivity index (χ0) is 18.2. The van der Waals surface area contributed by atoms with Gasteiger partial charge in [-0.25, -0.2) is 0 Å². The molecule has 132 valence electrons. The molecule has 0 aliphatic heterocycles. The Morgan fingerprint density at radius 2 is 1.42 bits per heavy atom. The second-order valence-electron chi connectivity index (χ2n) is 6.28. The van der Waals surface area contributed by atoms with Crippen LogP contribution in [0.5, 0.6) is 0 Å². The fourth-order valence-corrected chi connectivity index (χ4v) is 3.12.